The summed E-state index contributed by atoms with van der Waals surface area (Å²) in [5, 5.41) is 8.14. The van der Waals surface area contributed by atoms with Crippen molar-refractivity contribution in [2.24, 2.45) is 5.92 Å². The maximum Gasteiger partial charge on any atom is 0.273 e. The quantitative estimate of drug-likeness (QED) is 0.832. The molecule has 0 radical (unpaired) electrons. The van der Waals surface area contributed by atoms with E-state index in [0.29, 0.717) is 11.6 Å². The number of carbonyl (C=O) groups excluding carboxylic acids is 2. The van der Waals surface area contributed by atoms with Crippen molar-refractivity contribution < 1.29 is 9.59 Å². The highest BCUT2D eigenvalue weighted by Crippen LogP contribution is 2.20. The van der Waals surface area contributed by atoms with Gasteiger partial charge in [0.15, 0.2) is 5.69 Å². The monoisotopic (exact) mass is 290 g/mol. The molecule has 0 spiro atoms. The average molecular weight is 290 g/mol. The van der Waals surface area contributed by atoms with Gasteiger partial charge in [0.2, 0.25) is 5.91 Å². The molecule has 0 saturated carbocycles. The molecule has 114 valence electrons. The molecule has 1 saturated heterocycles. The van der Waals surface area contributed by atoms with Crippen LogP contribution in [0.15, 0.2) is 12.1 Å². The van der Waals surface area contributed by atoms with E-state index in [-0.39, 0.29) is 11.8 Å². The summed E-state index contributed by atoms with van der Waals surface area (Å²) in [6, 6.07) is 3.58. The van der Waals surface area contributed by atoms with E-state index in [9.17, 15) is 9.59 Å². The SMILES string of the molecule is CC(=O)N1CCC[C@H](Cc2ccc(C(=O)N(C)C)nn2)C1. The van der Waals surface area contributed by atoms with Crippen LogP contribution < -0.4 is 0 Å². The Morgan fingerprint density at radius 2 is 2.10 bits per heavy atom. The third-order valence-electron chi connectivity index (χ3n) is 3.81. The first-order valence-electron chi connectivity index (χ1n) is 7.27. The zero-order chi connectivity index (χ0) is 15.4. The molecule has 0 N–H and O–H groups in total. The van der Waals surface area contributed by atoms with E-state index in [4.69, 9.17) is 0 Å². The van der Waals surface area contributed by atoms with Crippen LogP contribution in [0.25, 0.3) is 0 Å². The van der Waals surface area contributed by atoms with Crippen LogP contribution in [0, 0.1) is 5.92 Å². The molecule has 21 heavy (non-hydrogen) atoms. The number of rotatable bonds is 3. The third-order valence-corrected chi connectivity index (χ3v) is 3.81. The summed E-state index contributed by atoms with van der Waals surface area (Å²) in [5.41, 5.74) is 1.23. The van der Waals surface area contributed by atoms with Gasteiger partial charge in [-0.3, -0.25) is 9.59 Å². The fourth-order valence-corrected chi connectivity index (χ4v) is 2.63. The van der Waals surface area contributed by atoms with Gasteiger partial charge in [-0.05, 0) is 37.3 Å². The second-order valence-electron chi connectivity index (χ2n) is 5.79. The number of carbonyl (C=O) groups is 2. The topological polar surface area (TPSA) is 66.4 Å². The Morgan fingerprint density at radius 1 is 1.33 bits per heavy atom. The molecule has 2 amide bonds. The molecular weight excluding hydrogens is 268 g/mol. The zero-order valence-electron chi connectivity index (χ0n) is 12.9. The van der Waals surface area contributed by atoms with E-state index in [1.54, 1.807) is 27.1 Å². The van der Waals surface area contributed by atoms with Gasteiger partial charge >= 0.3 is 0 Å². The summed E-state index contributed by atoms with van der Waals surface area (Å²) >= 11 is 0. The molecule has 1 aromatic heterocycles. The van der Waals surface area contributed by atoms with Gasteiger partial charge in [-0.2, -0.15) is 5.10 Å². The number of aromatic nitrogens is 2. The number of hydrogen-bond donors (Lipinski definition) is 0. The molecule has 1 atom stereocenters. The molecule has 1 aromatic rings. The molecule has 1 aliphatic rings. The van der Waals surface area contributed by atoms with Crippen molar-refractivity contribution in [2.45, 2.75) is 26.2 Å². The summed E-state index contributed by atoms with van der Waals surface area (Å²) in [6.45, 7) is 3.26. The van der Waals surface area contributed by atoms with Gasteiger partial charge in [-0.15, -0.1) is 5.10 Å². The lowest BCUT2D eigenvalue weighted by molar-refractivity contribution is -0.130. The first-order valence-corrected chi connectivity index (χ1v) is 7.27. The lowest BCUT2D eigenvalue weighted by Gasteiger charge is -2.31. The molecule has 0 aromatic carbocycles. The van der Waals surface area contributed by atoms with Gasteiger partial charge in [0.25, 0.3) is 5.91 Å². The van der Waals surface area contributed by atoms with Gasteiger partial charge in [-0.25, -0.2) is 0 Å². The summed E-state index contributed by atoms with van der Waals surface area (Å²) < 4.78 is 0. The van der Waals surface area contributed by atoms with Crippen LogP contribution in [0.2, 0.25) is 0 Å². The second-order valence-corrected chi connectivity index (χ2v) is 5.79. The first kappa shape index (κ1) is 15.4. The highest BCUT2D eigenvalue weighted by Gasteiger charge is 2.22. The predicted molar refractivity (Wildman–Crippen MR) is 78.7 cm³/mol. The Balaban J connectivity index is 1.97. The van der Waals surface area contributed by atoms with Crippen LogP contribution >= 0.6 is 0 Å². The summed E-state index contributed by atoms with van der Waals surface area (Å²) in [7, 11) is 3.38. The van der Waals surface area contributed by atoms with Gasteiger partial charge in [0.1, 0.15) is 0 Å². The van der Waals surface area contributed by atoms with E-state index in [1.165, 1.54) is 4.90 Å². The van der Waals surface area contributed by atoms with E-state index in [0.717, 1.165) is 38.0 Å². The first-order chi connectivity index (χ1) is 9.97. The van der Waals surface area contributed by atoms with Crippen LogP contribution in [-0.4, -0.2) is 59.0 Å². The Hall–Kier alpha value is -1.98. The Labute approximate surface area is 125 Å². The summed E-state index contributed by atoms with van der Waals surface area (Å²) in [5.74, 6) is 0.416. The Bertz CT molecular complexity index is 513. The molecular formula is C15H22N4O2. The average Bonchev–Trinajstić information content (AvgIpc) is 2.47. The smallest absolute Gasteiger partial charge is 0.273 e. The van der Waals surface area contributed by atoms with Crippen molar-refractivity contribution in [1.29, 1.82) is 0 Å². The van der Waals surface area contributed by atoms with Gasteiger partial charge in [0.05, 0.1) is 5.69 Å². The maximum atomic E-state index is 11.7. The number of nitrogens with zero attached hydrogens (tertiary/aromatic N) is 4. The van der Waals surface area contributed by atoms with Gasteiger partial charge in [0, 0.05) is 34.1 Å². The number of amides is 2. The standard InChI is InChI=1S/C15H22N4O2/c1-11(20)19-8-4-5-12(10-19)9-13-6-7-14(17-16-13)15(21)18(2)3/h6-7,12H,4-5,8-10H2,1-3H3/t12-/m1/s1. The van der Waals surface area contributed by atoms with Crippen molar-refractivity contribution in [3.63, 3.8) is 0 Å². The van der Waals surface area contributed by atoms with E-state index in [2.05, 4.69) is 10.2 Å². The van der Waals surface area contributed by atoms with Crippen molar-refractivity contribution >= 4 is 11.8 Å². The molecule has 0 unspecified atom stereocenters. The molecule has 0 bridgehead atoms. The maximum absolute atomic E-state index is 11.7. The van der Waals surface area contributed by atoms with E-state index in [1.807, 2.05) is 11.0 Å². The molecule has 1 fully saturated rings. The van der Waals surface area contributed by atoms with Crippen LogP contribution in [0.5, 0.6) is 0 Å². The Kier molecular flexibility index (Phi) is 4.88. The van der Waals surface area contributed by atoms with Crippen LogP contribution in [-0.2, 0) is 11.2 Å². The number of hydrogen-bond acceptors (Lipinski definition) is 4. The highest BCUT2D eigenvalue weighted by molar-refractivity contribution is 5.91. The van der Waals surface area contributed by atoms with Gasteiger partial charge < -0.3 is 9.80 Å². The highest BCUT2D eigenvalue weighted by atomic mass is 16.2. The number of likely N-dealkylation sites (tertiary alicyclic amines) is 1. The van der Waals surface area contributed by atoms with Crippen LogP contribution in [0.3, 0.4) is 0 Å². The fraction of sp³-hybridized carbons (Fsp3) is 0.600. The molecule has 2 rings (SSSR count). The summed E-state index contributed by atoms with van der Waals surface area (Å²) in [4.78, 5) is 26.6. The largest absolute Gasteiger partial charge is 0.343 e. The summed E-state index contributed by atoms with van der Waals surface area (Å²) in [6.07, 6.45) is 2.94. The minimum absolute atomic E-state index is 0.137. The van der Waals surface area contributed by atoms with Gasteiger partial charge in [-0.1, -0.05) is 0 Å². The molecule has 2 heterocycles. The van der Waals surface area contributed by atoms with Crippen molar-refractivity contribution in [3.8, 4) is 0 Å². The molecule has 6 nitrogen and oxygen atoms in total. The van der Waals surface area contributed by atoms with Crippen LogP contribution in [0.4, 0.5) is 0 Å². The Morgan fingerprint density at radius 3 is 2.67 bits per heavy atom. The lowest BCUT2D eigenvalue weighted by Crippen LogP contribution is -2.39. The predicted octanol–water partition coefficient (Wildman–Crippen LogP) is 0.979. The fourth-order valence-electron chi connectivity index (χ4n) is 2.63. The van der Waals surface area contributed by atoms with E-state index >= 15 is 0 Å². The van der Waals surface area contributed by atoms with Crippen molar-refractivity contribution in [2.75, 3.05) is 27.2 Å². The van der Waals surface area contributed by atoms with Crippen molar-refractivity contribution in [1.82, 2.24) is 20.0 Å². The molecule has 6 heteroatoms. The lowest BCUT2D eigenvalue weighted by atomic mass is 9.93. The zero-order valence-corrected chi connectivity index (χ0v) is 12.9. The molecule has 0 aliphatic carbocycles. The van der Waals surface area contributed by atoms with E-state index < -0.39 is 0 Å². The normalized spacial score (nSPS) is 18.4. The van der Waals surface area contributed by atoms with Crippen molar-refractivity contribution in [3.05, 3.63) is 23.5 Å². The molecule has 1 aliphatic heterocycles. The second kappa shape index (κ2) is 6.65. The number of piperidine rings is 1. The van der Waals surface area contributed by atoms with Crippen LogP contribution in [0.1, 0.15) is 35.9 Å². The minimum Gasteiger partial charge on any atom is -0.343 e. The third kappa shape index (κ3) is 4.00. The minimum atomic E-state index is -0.144.